The topological polar surface area (TPSA) is 55.5 Å². The highest BCUT2D eigenvalue weighted by molar-refractivity contribution is 5.93. The number of hydrogen-bond acceptors (Lipinski definition) is 3. The molecular weight excluding hydrogens is 352 g/mol. The van der Waals surface area contributed by atoms with Crippen LogP contribution in [0, 0.1) is 0 Å². The first-order valence-corrected chi connectivity index (χ1v) is 9.26. The number of nitrogens with zero attached hydrogens (tertiary/aromatic N) is 2. The van der Waals surface area contributed by atoms with E-state index >= 15 is 0 Å². The number of amides is 1. The zero-order chi connectivity index (χ0) is 19.1. The van der Waals surface area contributed by atoms with Gasteiger partial charge in [-0.1, -0.05) is 42.5 Å². The molecule has 1 amide bonds. The standard InChI is InChI=1S/C23H18N2O3/c26-19-15-21(28-20-11-5-4-9-17(19)20)23(27)25-14-13-24-12-6-10-18(24)22(25)16-7-2-1-3-8-16/h1-12,15,22H,13-14H2/t22-/m1/s1. The molecule has 5 heteroatoms. The molecule has 5 rings (SSSR count). The molecule has 2 aromatic heterocycles. The van der Waals surface area contributed by atoms with Crippen LogP contribution in [0.4, 0.5) is 0 Å². The minimum absolute atomic E-state index is 0.0737. The van der Waals surface area contributed by atoms with Crippen LogP contribution in [-0.2, 0) is 6.54 Å². The summed E-state index contributed by atoms with van der Waals surface area (Å²) < 4.78 is 7.98. The van der Waals surface area contributed by atoms with Gasteiger partial charge in [0.2, 0.25) is 0 Å². The second-order valence-corrected chi connectivity index (χ2v) is 6.91. The predicted molar refractivity (Wildman–Crippen MR) is 106 cm³/mol. The maximum Gasteiger partial charge on any atom is 0.290 e. The van der Waals surface area contributed by atoms with Gasteiger partial charge in [-0.05, 0) is 29.8 Å². The van der Waals surface area contributed by atoms with Crippen LogP contribution in [0.5, 0.6) is 0 Å². The van der Waals surface area contributed by atoms with Gasteiger partial charge in [0.15, 0.2) is 11.2 Å². The van der Waals surface area contributed by atoms with Crippen LogP contribution in [0.1, 0.15) is 27.9 Å². The lowest BCUT2D eigenvalue weighted by atomic mass is 9.99. The van der Waals surface area contributed by atoms with Gasteiger partial charge >= 0.3 is 0 Å². The van der Waals surface area contributed by atoms with E-state index < -0.39 is 0 Å². The Morgan fingerprint density at radius 2 is 1.71 bits per heavy atom. The summed E-state index contributed by atoms with van der Waals surface area (Å²) in [4.78, 5) is 27.6. The molecule has 0 unspecified atom stereocenters. The molecule has 1 atom stereocenters. The fourth-order valence-corrected chi connectivity index (χ4v) is 3.94. The fourth-order valence-electron chi connectivity index (χ4n) is 3.94. The molecule has 0 saturated carbocycles. The van der Waals surface area contributed by atoms with Crippen molar-refractivity contribution >= 4 is 16.9 Å². The van der Waals surface area contributed by atoms with E-state index in [-0.39, 0.29) is 23.1 Å². The van der Waals surface area contributed by atoms with Gasteiger partial charge in [0.25, 0.3) is 5.91 Å². The Labute approximate surface area is 161 Å². The predicted octanol–water partition coefficient (Wildman–Crippen LogP) is 3.84. The van der Waals surface area contributed by atoms with Gasteiger partial charge in [0.05, 0.1) is 11.4 Å². The lowest BCUT2D eigenvalue weighted by Crippen LogP contribution is -2.42. The van der Waals surface area contributed by atoms with Crippen molar-refractivity contribution in [1.82, 2.24) is 9.47 Å². The van der Waals surface area contributed by atoms with Crippen LogP contribution >= 0.6 is 0 Å². The van der Waals surface area contributed by atoms with Crippen molar-refractivity contribution in [3.63, 3.8) is 0 Å². The molecule has 0 radical (unpaired) electrons. The molecule has 0 fully saturated rings. The molecular formula is C23H18N2O3. The van der Waals surface area contributed by atoms with Crippen molar-refractivity contribution in [2.75, 3.05) is 6.54 Å². The Kier molecular flexibility index (Phi) is 3.86. The van der Waals surface area contributed by atoms with Gasteiger partial charge in [-0.25, -0.2) is 0 Å². The van der Waals surface area contributed by atoms with Gasteiger partial charge in [-0.2, -0.15) is 0 Å². The largest absolute Gasteiger partial charge is 0.451 e. The van der Waals surface area contributed by atoms with Crippen LogP contribution in [0.2, 0.25) is 0 Å². The maximum atomic E-state index is 13.4. The number of rotatable bonds is 2. The SMILES string of the molecule is O=C(c1cc(=O)c2ccccc2o1)N1CCn2cccc2[C@H]1c1ccccc1. The Balaban J connectivity index is 1.61. The van der Waals surface area contributed by atoms with Crippen molar-refractivity contribution in [2.45, 2.75) is 12.6 Å². The van der Waals surface area contributed by atoms with E-state index in [1.54, 1.807) is 29.2 Å². The van der Waals surface area contributed by atoms with Gasteiger partial charge in [0.1, 0.15) is 5.58 Å². The van der Waals surface area contributed by atoms with E-state index in [1.165, 1.54) is 6.07 Å². The molecule has 5 nitrogen and oxygen atoms in total. The number of carbonyl (C=O) groups excluding carboxylic acids is 1. The smallest absolute Gasteiger partial charge is 0.290 e. The summed E-state index contributed by atoms with van der Waals surface area (Å²) in [6, 6.07) is 22.0. The van der Waals surface area contributed by atoms with Crippen LogP contribution in [0.3, 0.4) is 0 Å². The van der Waals surface area contributed by atoms with E-state index in [0.717, 1.165) is 11.3 Å². The van der Waals surface area contributed by atoms with Crippen LogP contribution in [0.15, 0.2) is 88.2 Å². The number of carbonyl (C=O) groups is 1. The minimum atomic E-state index is -0.274. The molecule has 1 aliphatic rings. The van der Waals surface area contributed by atoms with E-state index in [2.05, 4.69) is 4.57 Å². The summed E-state index contributed by atoms with van der Waals surface area (Å²) in [7, 11) is 0. The number of aromatic nitrogens is 1. The van der Waals surface area contributed by atoms with E-state index in [0.29, 0.717) is 24.1 Å². The molecule has 0 saturated heterocycles. The van der Waals surface area contributed by atoms with Crippen molar-refractivity contribution in [1.29, 1.82) is 0 Å². The summed E-state index contributed by atoms with van der Waals surface area (Å²) >= 11 is 0. The average molecular weight is 370 g/mol. The Morgan fingerprint density at radius 3 is 2.57 bits per heavy atom. The third-order valence-corrected chi connectivity index (χ3v) is 5.26. The highest BCUT2D eigenvalue weighted by atomic mass is 16.3. The maximum absolute atomic E-state index is 13.4. The van der Waals surface area contributed by atoms with Crippen LogP contribution in [-0.4, -0.2) is 21.9 Å². The summed E-state index contributed by atoms with van der Waals surface area (Å²) in [5.74, 6) is -0.200. The average Bonchev–Trinajstić information content (AvgIpc) is 3.22. The summed E-state index contributed by atoms with van der Waals surface area (Å²) in [5.41, 5.74) is 2.30. The summed E-state index contributed by atoms with van der Waals surface area (Å²) in [6.07, 6.45) is 2.03. The van der Waals surface area contributed by atoms with Crippen molar-refractivity contribution in [3.8, 4) is 0 Å². The molecule has 0 aliphatic carbocycles. The van der Waals surface area contributed by atoms with Crippen LogP contribution < -0.4 is 5.43 Å². The van der Waals surface area contributed by atoms with Crippen molar-refractivity contribution in [2.24, 2.45) is 0 Å². The lowest BCUT2D eigenvalue weighted by Gasteiger charge is -2.37. The summed E-state index contributed by atoms with van der Waals surface area (Å²) in [6.45, 7) is 1.24. The Morgan fingerprint density at radius 1 is 0.929 bits per heavy atom. The molecule has 0 bridgehead atoms. The normalized spacial score (nSPS) is 16.1. The first kappa shape index (κ1) is 16.6. The van der Waals surface area contributed by atoms with E-state index in [9.17, 15) is 9.59 Å². The monoisotopic (exact) mass is 370 g/mol. The zero-order valence-corrected chi connectivity index (χ0v) is 15.1. The van der Waals surface area contributed by atoms with Gasteiger partial charge in [0, 0.05) is 31.0 Å². The summed E-state index contributed by atoms with van der Waals surface area (Å²) in [5, 5.41) is 0.478. The zero-order valence-electron chi connectivity index (χ0n) is 15.1. The fraction of sp³-hybridized carbons (Fsp3) is 0.130. The number of para-hydroxylation sites is 1. The molecule has 4 aromatic rings. The molecule has 3 heterocycles. The molecule has 1 aliphatic heterocycles. The van der Waals surface area contributed by atoms with Crippen molar-refractivity contribution < 1.29 is 9.21 Å². The molecule has 28 heavy (non-hydrogen) atoms. The number of hydrogen-bond donors (Lipinski definition) is 0. The van der Waals surface area contributed by atoms with Crippen molar-refractivity contribution in [3.05, 3.63) is 106 Å². The third kappa shape index (κ3) is 2.63. The highest BCUT2D eigenvalue weighted by Gasteiger charge is 2.33. The number of benzene rings is 2. The molecule has 2 aromatic carbocycles. The minimum Gasteiger partial charge on any atom is -0.451 e. The highest BCUT2D eigenvalue weighted by Crippen LogP contribution is 2.33. The quantitative estimate of drug-likeness (QED) is 0.539. The Bertz CT molecular complexity index is 1220. The molecule has 0 spiro atoms. The van der Waals surface area contributed by atoms with E-state index in [4.69, 9.17) is 4.42 Å². The van der Waals surface area contributed by atoms with Crippen LogP contribution in [0.25, 0.3) is 11.0 Å². The second-order valence-electron chi connectivity index (χ2n) is 6.91. The van der Waals surface area contributed by atoms with Gasteiger partial charge < -0.3 is 13.9 Å². The first-order valence-electron chi connectivity index (χ1n) is 9.26. The second kappa shape index (κ2) is 6.53. The molecule has 138 valence electrons. The lowest BCUT2D eigenvalue weighted by molar-refractivity contribution is 0.0632. The van der Waals surface area contributed by atoms with Gasteiger partial charge in [-0.15, -0.1) is 0 Å². The van der Waals surface area contributed by atoms with E-state index in [1.807, 2.05) is 48.7 Å². The molecule has 0 N–H and O–H groups in total. The number of fused-ring (bicyclic) bond motifs is 2. The first-order chi connectivity index (χ1) is 13.7. The third-order valence-electron chi connectivity index (χ3n) is 5.26. The Hall–Kier alpha value is -3.60. The van der Waals surface area contributed by atoms with Gasteiger partial charge in [-0.3, -0.25) is 9.59 Å².